The number of rotatable bonds is 1. The molecule has 0 saturated heterocycles. The molecule has 0 atom stereocenters. The predicted molar refractivity (Wildman–Crippen MR) is 39.3 cm³/mol. The molecule has 50 valence electrons. The maximum absolute atomic E-state index is 9.51. The van der Waals surface area contributed by atoms with E-state index >= 15 is 0 Å². The number of hydrogen-bond acceptors (Lipinski definition) is 2. The maximum atomic E-state index is 9.51. The SMILES string of the molecule is C#CC#CC#CC#COC=O. The van der Waals surface area contributed by atoms with E-state index in [4.69, 9.17) is 6.42 Å². The van der Waals surface area contributed by atoms with Crippen molar-refractivity contribution in [1.29, 1.82) is 0 Å². The summed E-state index contributed by atoms with van der Waals surface area (Å²) >= 11 is 0. The molecule has 0 aliphatic carbocycles. The molecule has 0 aliphatic rings. The van der Waals surface area contributed by atoms with Crippen molar-refractivity contribution < 1.29 is 9.53 Å². The van der Waals surface area contributed by atoms with Crippen LogP contribution in [0.5, 0.6) is 0 Å². The molecule has 0 aromatic rings. The smallest absolute Gasteiger partial charge is 0.307 e. The minimum atomic E-state index is 0.210. The standard InChI is InChI=1S/C9H2O2/c1-2-3-4-5-6-7-8-11-9-10/h1,9H. The molecule has 0 bridgehead atoms. The van der Waals surface area contributed by atoms with Gasteiger partial charge in [-0.3, -0.25) is 4.79 Å². The molecule has 0 aromatic heterocycles. The van der Waals surface area contributed by atoms with Gasteiger partial charge in [-0.2, -0.15) is 0 Å². The second-order valence-corrected chi connectivity index (χ2v) is 1.09. The van der Waals surface area contributed by atoms with E-state index in [2.05, 4.69) is 40.3 Å². The van der Waals surface area contributed by atoms with Crippen molar-refractivity contribution >= 4 is 6.47 Å². The Morgan fingerprint density at radius 2 is 1.73 bits per heavy atom. The van der Waals surface area contributed by atoms with Gasteiger partial charge in [-0.1, -0.05) is 0 Å². The topological polar surface area (TPSA) is 26.3 Å². The normalized spacial score (nSPS) is 4.27. The van der Waals surface area contributed by atoms with Crippen molar-refractivity contribution in [2.24, 2.45) is 0 Å². The van der Waals surface area contributed by atoms with Crippen LogP contribution in [0.1, 0.15) is 0 Å². The Morgan fingerprint density at radius 1 is 1.09 bits per heavy atom. The Balaban J connectivity index is 3.86. The van der Waals surface area contributed by atoms with Crippen molar-refractivity contribution in [3.8, 4) is 48.1 Å². The lowest BCUT2D eigenvalue weighted by Crippen LogP contribution is -1.70. The van der Waals surface area contributed by atoms with Crippen LogP contribution in [-0.2, 0) is 9.53 Å². The highest BCUT2D eigenvalue weighted by atomic mass is 16.5. The van der Waals surface area contributed by atoms with Crippen LogP contribution in [0, 0.1) is 48.1 Å². The van der Waals surface area contributed by atoms with Gasteiger partial charge in [0, 0.05) is 17.8 Å². The Labute approximate surface area is 64.9 Å². The molecule has 0 heterocycles. The summed E-state index contributed by atoms with van der Waals surface area (Å²) in [7, 11) is 0. The van der Waals surface area contributed by atoms with Gasteiger partial charge in [-0.05, 0) is 17.8 Å². The molecule has 0 amide bonds. The van der Waals surface area contributed by atoms with Gasteiger partial charge in [-0.25, -0.2) is 0 Å². The van der Waals surface area contributed by atoms with E-state index in [9.17, 15) is 4.79 Å². The summed E-state index contributed by atoms with van der Waals surface area (Å²) in [4.78, 5) is 9.51. The number of terminal acetylenes is 1. The Morgan fingerprint density at radius 3 is 2.36 bits per heavy atom. The Kier molecular flexibility index (Phi) is 6.10. The number of carbonyl (C=O) groups excluding carboxylic acids is 1. The molecule has 0 spiro atoms. The highest BCUT2D eigenvalue weighted by molar-refractivity contribution is 5.42. The first-order valence-corrected chi connectivity index (χ1v) is 2.46. The van der Waals surface area contributed by atoms with Crippen molar-refractivity contribution in [3.05, 3.63) is 0 Å². The lowest BCUT2D eigenvalue weighted by Gasteiger charge is -1.67. The first kappa shape index (κ1) is 8.71. The van der Waals surface area contributed by atoms with Crippen molar-refractivity contribution in [2.75, 3.05) is 0 Å². The van der Waals surface area contributed by atoms with Crippen LogP contribution < -0.4 is 0 Å². The van der Waals surface area contributed by atoms with Crippen LogP contribution in [0.4, 0.5) is 0 Å². The average molecular weight is 142 g/mol. The van der Waals surface area contributed by atoms with Gasteiger partial charge in [0.05, 0.1) is 0 Å². The number of ether oxygens (including phenoxy) is 1. The van der Waals surface area contributed by atoms with E-state index < -0.39 is 0 Å². The van der Waals surface area contributed by atoms with E-state index in [-0.39, 0.29) is 6.47 Å². The van der Waals surface area contributed by atoms with Crippen molar-refractivity contribution in [2.45, 2.75) is 0 Å². The highest BCUT2D eigenvalue weighted by Gasteiger charge is 1.61. The molecule has 0 aromatic carbocycles. The molecular weight excluding hydrogens is 140 g/mol. The number of hydrogen-bond donors (Lipinski definition) is 0. The number of carbonyl (C=O) groups is 1. The minimum Gasteiger partial charge on any atom is -0.374 e. The molecule has 11 heavy (non-hydrogen) atoms. The zero-order chi connectivity index (χ0) is 8.36. The lowest BCUT2D eigenvalue weighted by molar-refractivity contribution is -0.122. The van der Waals surface area contributed by atoms with Crippen LogP contribution in [0.3, 0.4) is 0 Å². The highest BCUT2D eigenvalue weighted by Crippen LogP contribution is 1.56. The van der Waals surface area contributed by atoms with E-state index in [1.54, 1.807) is 0 Å². The molecule has 0 rings (SSSR count). The largest absolute Gasteiger partial charge is 0.374 e. The average Bonchev–Trinajstić information content (AvgIpc) is 2.03. The van der Waals surface area contributed by atoms with Gasteiger partial charge in [0.15, 0.2) is 0 Å². The fourth-order valence-electron chi connectivity index (χ4n) is 0.209. The summed E-state index contributed by atoms with van der Waals surface area (Å²) in [5.74, 6) is 13.5. The zero-order valence-electron chi connectivity index (χ0n) is 5.47. The van der Waals surface area contributed by atoms with E-state index in [1.807, 2.05) is 6.11 Å². The van der Waals surface area contributed by atoms with E-state index in [0.29, 0.717) is 0 Å². The summed E-state index contributed by atoms with van der Waals surface area (Å²) in [6.45, 7) is 0.210. The summed E-state index contributed by atoms with van der Waals surface area (Å²) in [6.07, 6.45) is 6.79. The third-order valence-electron chi connectivity index (χ3n) is 0.480. The third-order valence-corrected chi connectivity index (χ3v) is 0.480. The summed E-state index contributed by atoms with van der Waals surface area (Å²) < 4.78 is 4.01. The molecule has 0 saturated carbocycles. The van der Waals surface area contributed by atoms with Gasteiger partial charge >= 0.3 is 6.47 Å². The van der Waals surface area contributed by atoms with Crippen LogP contribution in [0.15, 0.2) is 0 Å². The van der Waals surface area contributed by atoms with Crippen LogP contribution in [-0.4, -0.2) is 6.47 Å². The summed E-state index contributed by atoms with van der Waals surface area (Å²) in [6, 6.07) is 0. The maximum Gasteiger partial charge on any atom is 0.307 e. The second kappa shape index (κ2) is 7.71. The Hall–Kier alpha value is -2.29. The monoisotopic (exact) mass is 142 g/mol. The van der Waals surface area contributed by atoms with Crippen LogP contribution >= 0.6 is 0 Å². The van der Waals surface area contributed by atoms with E-state index in [1.165, 1.54) is 0 Å². The van der Waals surface area contributed by atoms with Crippen LogP contribution in [0.25, 0.3) is 0 Å². The molecule has 2 heteroatoms. The van der Waals surface area contributed by atoms with Gasteiger partial charge in [0.1, 0.15) is 6.11 Å². The van der Waals surface area contributed by atoms with Crippen LogP contribution in [0.2, 0.25) is 0 Å². The predicted octanol–water partition coefficient (Wildman–Crippen LogP) is -0.240. The summed E-state index contributed by atoms with van der Waals surface area (Å²) in [5, 5.41) is 0. The fraction of sp³-hybridized carbons (Fsp3) is 0. The third kappa shape index (κ3) is 7.71. The van der Waals surface area contributed by atoms with E-state index in [0.717, 1.165) is 0 Å². The molecule has 0 aliphatic heterocycles. The van der Waals surface area contributed by atoms with Gasteiger partial charge in [0.25, 0.3) is 0 Å². The molecule has 0 unspecified atom stereocenters. The van der Waals surface area contributed by atoms with Gasteiger partial charge < -0.3 is 4.74 Å². The lowest BCUT2D eigenvalue weighted by atomic mass is 10.5. The first-order chi connectivity index (χ1) is 5.41. The quantitative estimate of drug-likeness (QED) is 0.373. The minimum absolute atomic E-state index is 0.210. The first-order valence-electron chi connectivity index (χ1n) is 2.46. The fourth-order valence-corrected chi connectivity index (χ4v) is 0.209. The van der Waals surface area contributed by atoms with Crippen molar-refractivity contribution in [1.82, 2.24) is 0 Å². The summed E-state index contributed by atoms with van der Waals surface area (Å²) in [5.41, 5.74) is 0. The molecule has 0 fully saturated rings. The second-order valence-electron chi connectivity index (χ2n) is 1.09. The molecule has 2 nitrogen and oxygen atoms in total. The molecular formula is C9H2O2. The molecule has 0 radical (unpaired) electrons. The zero-order valence-corrected chi connectivity index (χ0v) is 5.47. The molecule has 0 N–H and O–H groups in total. The Bertz CT molecular complexity index is 339. The van der Waals surface area contributed by atoms with Crippen molar-refractivity contribution in [3.63, 3.8) is 0 Å². The van der Waals surface area contributed by atoms with Gasteiger partial charge in [-0.15, -0.1) is 6.42 Å². The van der Waals surface area contributed by atoms with Gasteiger partial charge in [0.2, 0.25) is 0 Å².